The Morgan fingerprint density at radius 3 is 2.26 bits per heavy atom. The van der Waals surface area contributed by atoms with Gasteiger partial charge in [0.25, 0.3) is 0 Å². The van der Waals surface area contributed by atoms with Crippen LogP contribution in [-0.4, -0.2) is 32.2 Å². The highest BCUT2D eigenvalue weighted by atomic mass is 16.5. The van der Waals surface area contributed by atoms with Crippen LogP contribution in [0.3, 0.4) is 0 Å². The van der Waals surface area contributed by atoms with Gasteiger partial charge in [0.15, 0.2) is 17.3 Å². The van der Waals surface area contributed by atoms with Gasteiger partial charge in [-0.2, -0.15) is 0 Å². The van der Waals surface area contributed by atoms with Crippen LogP contribution in [0.15, 0.2) is 34.8 Å². The molecule has 6 nitrogen and oxygen atoms in total. The van der Waals surface area contributed by atoms with Gasteiger partial charge >= 0.3 is 0 Å². The first-order valence-electron chi connectivity index (χ1n) is 6.85. The standard InChI is InChI=1S/C17H18O6/c1-20-15-8-11(9-16(21-2)17(15)22-3)14(19)7-6-12-4-5-13(10-18)23-12/h4-9,18H,10H2,1-3H3. The summed E-state index contributed by atoms with van der Waals surface area (Å²) in [6.07, 6.45) is 2.91. The van der Waals surface area contributed by atoms with Gasteiger partial charge in [-0.15, -0.1) is 0 Å². The first-order chi connectivity index (χ1) is 11.1. The van der Waals surface area contributed by atoms with E-state index in [9.17, 15) is 4.79 Å². The molecule has 1 heterocycles. The second-order valence-corrected chi connectivity index (χ2v) is 4.57. The number of aliphatic hydroxyl groups excluding tert-OH is 1. The molecule has 122 valence electrons. The van der Waals surface area contributed by atoms with Gasteiger partial charge in [0.05, 0.1) is 21.3 Å². The smallest absolute Gasteiger partial charge is 0.203 e. The van der Waals surface area contributed by atoms with Crippen LogP contribution in [0.2, 0.25) is 0 Å². The Bertz CT molecular complexity index is 689. The van der Waals surface area contributed by atoms with Gasteiger partial charge in [-0.25, -0.2) is 0 Å². The van der Waals surface area contributed by atoms with Crippen LogP contribution in [0.5, 0.6) is 17.2 Å². The quantitative estimate of drug-likeness (QED) is 0.625. The molecule has 2 aromatic rings. The normalized spacial score (nSPS) is 10.8. The van der Waals surface area contributed by atoms with Crippen molar-refractivity contribution in [1.82, 2.24) is 0 Å². The number of hydrogen-bond acceptors (Lipinski definition) is 6. The van der Waals surface area contributed by atoms with Crippen LogP contribution in [0.25, 0.3) is 6.08 Å². The van der Waals surface area contributed by atoms with Crippen molar-refractivity contribution in [1.29, 1.82) is 0 Å². The van der Waals surface area contributed by atoms with Gasteiger partial charge in [-0.05, 0) is 36.4 Å². The largest absolute Gasteiger partial charge is 0.493 e. The summed E-state index contributed by atoms with van der Waals surface area (Å²) in [5.74, 6) is 1.91. The first-order valence-corrected chi connectivity index (χ1v) is 6.85. The topological polar surface area (TPSA) is 78.1 Å². The van der Waals surface area contributed by atoms with Crippen LogP contribution in [0.1, 0.15) is 21.9 Å². The fraction of sp³-hybridized carbons (Fsp3) is 0.235. The maximum Gasteiger partial charge on any atom is 0.203 e. The molecular formula is C17H18O6. The van der Waals surface area contributed by atoms with Crippen LogP contribution in [-0.2, 0) is 6.61 Å². The van der Waals surface area contributed by atoms with Gasteiger partial charge in [-0.1, -0.05) is 0 Å². The molecule has 2 rings (SSSR count). The minimum Gasteiger partial charge on any atom is -0.493 e. The SMILES string of the molecule is COc1cc(C(=O)C=Cc2ccc(CO)o2)cc(OC)c1OC. The second kappa shape index (κ2) is 7.51. The average molecular weight is 318 g/mol. The van der Waals surface area contributed by atoms with Crippen molar-refractivity contribution in [2.45, 2.75) is 6.61 Å². The summed E-state index contributed by atoms with van der Waals surface area (Å²) in [7, 11) is 4.47. The summed E-state index contributed by atoms with van der Waals surface area (Å²) in [6.45, 7) is -0.186. The molecule has 1 aromatic carbocycles. The van der Waals surface area contributed by atoms with Crippen molar-refractivity contribution in [3.05, 3.63) is 47.4 Å². The van der Waals surface area contributed by atoms with Crippen molar-refractivity contribution >= 4 is 11.9 Å². The predicted molar refractivity (Wildman–Crippen MR) is 84.1 cm³/mol. The van der Waals surface area contributed by atoms with Gasteiger partial charge in [0, 0.05) is 5.56 Å². The lowest BCUT2D eigenvalue weighted by Crippen LogP contribution is -2.00. The number of rotatable bonds is 7. The van der Waals surface area contributed by atoms with Crippen molar-refractivity contribution in [2.24, 2.45) is 0 Å². The highest BCUT2D eigenvalue weighted by molar-refractivity contribution is 6.07. The van der Waals surface area contributed by atoms with E-state index in [4.69, 9.17) is 23.7 Å². The molecule has 0 unspecified atom stereocenters. The third-order valence-corrected chi connectivity index (χ3v) is 3.19. The number of carbonyl (C=O) groups is 1. The molecule has 0 fully saturated rings. The molecule has 6 heteroatoms. The summed E-state index contributed by atoms with van der Waals surface area (Å²) in [6, 6.07) is 6.47. The van der Waals surface area contributed by atoms with Gasteiger partial charge in [0.2, 0.25) is 5.75 Å². The molecule has 0 saturated heterocycles. The lowest BCUT2D eigenvalue weighted by molar-refractivity contribution is 0.104. The van der Waals surface area contributed by atoms with E-state index in [1.165, 1.54) is 33.5 Å². The number of hydrogen-bond donors (Lipinski definition) is 1. The van der Waals surface area contributed by atoms with Crippen LogP contribution in [0.4, 0.5) is 0 Å². The van der Waals surface area contributed by atoms with E-state index in [1.54, 1.807) is 24.3 Å². The highest BCUT2D eigenvalue weighted by Gasteiger charge is 2.15. The third-order valence-electron chi connectivity index (χ3n) is 3.19. The molecule has 0 amide bonds. The first kappa shape index (κ1) is 16.6. The fourth-order valence-electron chi connectivity index (χ4n) is 2.05. The maximum atomic E-state index is 12.3. The summed E-state index contributed by atoms with van der Waals surface area (Å²) in [5, 5.41) is 8.95. The number of allylic oxidation sites excluding steroid dienone is 1. The lowest BCUT2D eigenvalue weighted by Gasteiger charge is -2.13. The summed E-state index contributed by atoms with van der Waals surface area (Å²) < 4.78 is 21.0. The third kappa shape index (κ3) is 3.73. The molecule has 0 aliphatic rings. The molecule has 1 aromatic heterocycles. The molecule has 23 heavy (non-hydrogen) atoms. The highest BCUT2D eigenvalue weighted by Crippen LogP contribution is 2.38. The Kier molecular flexibility index (Phi) is 5.43. The zero-order chi connectivity index (χ0) is 16.8. The molecule has 0 aliphatic heterocycles. The number of ketones is 1. The zero-order valence-corrected chi connectivity index (χ0v) is 13.2. The minimum atomic E-state index is -0.244. The van der Waals surface area contributed by atoms with E-state index in [2.05, 4.69) is 0 Å². The molecule has 0 aliphatic carbocycles. The monoisotopic (exact) mass is 318 g/mol. The van der Waals surface area contributed by atoms with E-state index in [1.807, 2.05) is 0 Å². The van der Waals surface area contributed by atoms with Crippen LogP contribution in [0, 0.1) is 0 Å². The Balaban J connectivity index is 2.28. The number of furan rings is 1. The van der Waals surface area contributed by atoms with Crippen molar-refractivity contribution < 1.29 is 28.5 Å². The number of ether oxygens (including phenoxy) is 3. The maximum absolute atomic E-state index is 12.3. The van der Waals surface area contributed by atoms with Gasteiger partial charge in [0.1, 0.15) is 18.1 Å². The molecule has 1 N–H and O–H groups in total. The Morgan fingerprint density at radius 1 is 1.13 bits per heavy atom. The second-order valence-electron chi connectivity index (χ2n) is 4.57. The minimum absolute atomic E-state index is 0.186. The van der Waals surface area contributed by atoms with Crippen LogP contribution < -0.4 is 14.2 Å². The Morgan fingerprint density at radius 2 is 1.78 bits per heavy atom. The zero-order valence-electron chi connectivity index (χ0n) is 13.2. The van der Waals surface area contributed by atoms with Crippen LogP contribution >= 0.6 is 0 Å². The van der Waals surface area contributed by atoms with E-state index >= 15 is 0 Å². The number of methoxy groups -OCH3 is 3. The van der Waals surface area contributed by atoms with Crippen molar-refractivity contribution in [3.63, 3.8) is 0 Å². The average Bonchev–Trinajstić information content (AvgIpc) is 3.06. The van der Waals surface area contributed by atoms with E-state index < -0.39 is 0 Å². The lowest BCUT2D eigenvalue weighted by atomic mass is 10.1. The Hall–Kier alpha value is -2.73. The van der Waals surface area contributed by atoms with Gasteiger partial charge < -0.3 is 23.7 Å². The summed E-state index contributed by atoms with van der Waals surface area (Å²) >= 11 is 0. The van der Waals surface area contributed by atoms with E-state index in [0.29, 0.717) is 34.3 Å². The van der Waals surface area contributed by atoms with Crippen molar-refractivity contribution in [3.8, 4) is 17.2 Å². The molecule has 0 radical (unpaired) electrons. The van der Waals surface area contributed by atoms with E-state index in [-0.39, 0.29) is 12.4 Å². The summed E-state index contributed by atoms with van der Waals surface area (Å²) in [5.41, 5.74) is 0.393. The molecule has 0 spiro atoms. The molecular weight excluding hydrogens is 300 g/mol. The Labute approximate surface area is 133 Å². The molecule has 0 saturated carbocycles. The predicted octanol–water partition coefficient (Wildman–Crippen LogP) is 2.69. The number of carbonyl (C=O) groups excluding carboxylic acids is 1. The number of benzene rings is 1. The number of aliphatic hydroxyl groups is 1. The fourth-order valence-corrected chi connectivity index (χ4v) is 2.05. The molecule has 0 atom stereocenters. The van der Waals surface area contributed by atoms with Crippen molar-refractivity contribution in [2.75, 3.05) is 21.3 Å². The van der Waals surface area contributed by atoms with E-state index in [0.717, 1.165) is 0 Å². The summed E-state index contributed by atoms with van der Waals surface area (Å²) in [4.78, 5) is 12.3. The van der Waals surface area contributed by atoms with Gasteiger partial charge in [-0.3, -0.25) is 4.79 Å². The molecule has 0 bridgehead atoms.